The summed E-state index contributed by atoms with van der Waals surface area (Å²) >= 11 is 0. The van der Waals surface area contributed by atoms with Crippen LogP contribution in [0.4, 0.5) is 0 Å². The van der Waals surface area contributed by atoms with Crippen molar-refractivity contribution in [1.82, 2.24) is 4.98 Å². The van der Waals surface area contributed by atoms with Crippen molar-refractivity contribution >= 4 is 11.1 Å². The van der Waals surface area contributed by atoms with E-state index in [2.05, 4.69) is 4.98 Å². The molecule has 0 amide bonds. The number of nitrogens with one attached hydrogen (secondary N) is 1. The minimum Gasteiger partial charge on any atom is -0.448 e. The molecule has 0 saturated heterocycles. The predicted octanol–water partition coefficient (Wildman–Crippen LogP) is 3.03. The van der Waals surface area contributed by atoms with Crippen LogP contribution in [0.5, 0.6) is 0 Å². The van der Waals surface area contributed by atoms with Crippen molar-refractivity contribution in [3.63, 3.8) is 0 Å². The van der Waals surface area contributed by atoms with Crippen molar-refractivity contribution in [3.05, 3.63) is 24.6 Å². The van der Waals surface area contributed by atoms with E-state index in [1.165, 1.54) is 0 Å². The highest BCUT2D eigenvalue weighted by Crippen LogP contribution is 2.10. The first-order valence-electron chi connectivity index (χ1n) is 3.47. The van der Waals surface area contributed by atoms with Gasteiger partial charge in [-0.1, -0.05) is 13.8 Å². The second-order valence-corrected chi connectivity index (χ2v) is 1.68. The first kappa shape index (κ1) is 6.93. The molecule has 0 spiro atoms. The van der Waals surface area contributed by atoms with E-state index in [-0.39, 0.29) is 1.43 Å². The summed E-state index contributed by atoms with van der Waals surface area (Å²) in [5, 5.41) is 1.13. The summed E-state index contributed by atoms with van der Waals surface area (Å²) in [6.07, 6.45) is 3.52. The highest BCUT2D eigenvalue weighted by atomic mass is 16.3. The highest BCUT2D eigenvalue weighted by molar-refractivity contribution is 5.73. The lowest BCUT2D eigenvalue weighted by Gasteiger charge is -1.68. The summed E-state index contributed by atoms with van der Waals surface area (Å²) in [7, 11) is 0. The van der Waals surface area contributed by atoms with E-state index < -0.39 is 0 Å². The third-order valence-corrected chi connectivity index (χ3v) is 1.17. The van der Waals surface area contributed by atoms with Crippen LogP contribution in [0.25, 0.3) is 11.1 Å². The van der Waals surface area contributed by atoms with Crippen LogP contribution in [-0.2, 0) is 0 Å². The molecule has 0 fully saturated rings. The van der Waals surface area contributed by atoms with Gasteiger partial charge in [0.1, 0.15) is 0 Å². The lowest BCUT2D eigenvalue weighted by Crippen LogP contribution is -1.49. The van der Waals surface area contributed by atoms with Gasteiger partial charge in [-0.05, 0) is 12.1 Å². The lowest BCUT2D eigenvalue weighted by molar-refractivity contribution is 0.604. The molecule has 0 bridgehead atoms. The first-order chi connectivity index (χ1) is 4.97. The third-order valence-electron chi connectivity index (χ3n) is 1.17. The summed E-state index contributed by atoms with van der Waals surface area (Å²) < 4.78 is 5.00. The zero-order chi connectivity index (χ0) is 7.40. The normalized spacial score (nSPS) is 9.00. The van der Waals surface area contributed by atoms with E-state index in [4.69, 9.17) is 4.42 Å². The Bertz CT molecular complexity index is 235. The van der Waals surface area contributed by atoms with Gasteiger partial charge in [0.25, 0.3) is 0 Å². The molecule has 0 saturated carbocycles. The number of hydrogen-bond donors (Lipinski definition) is 1. The summed E-state index contributed by atoms with van der Waals surface area (Å²) in [4.78, 5) is 2.93. The van der Waals surface area contributed by atoms with Gasteiger partial charge in [-0.25, -0.2) is 0 Å². The Morgan fingerprint density at radius 2 is 2.20 bits per heavy atom. The lowest BCUT2D eigenvalue weighted by atomic mass is 10.4. The Kier molecular flexibility index (Phi) is 2.15. The van der Waals surface area contributed by atoms with Gasteiger partial charge in [0.05, 0.1) is 6.26 Å². The number of aromatic nitrogens is 1. The van der Waals surface area contributed by atoms with Crippen LogP contribution >= 0.6 is 0 Å². The van der Waals surface area contributed by atoms with Crippen molar-refractivity contribution in [2.45, 2.75) is 13.8 Å². The molecule has 0 aliphatic carbocycles. The van der Waals surface area contributed by atoms with Gasteiger partial charge in [-0.2, -0.15) is 0 Å². The van der Waals surface area contributed by atoms with Crippen LogP contribution in [-0.4, -0.2) is 4.98 Å². The quantitative estimate of drug-likeness (QED) is 0.597. The number of furan rings is 1. The smallest absolute Gasteiger partial charge is 0.203 e. The van der Waals surface area contributed by atoms with E-state index in [0.29, 0.717) is 0 Å². The Balaban J connectivity index is 0.000000311. The van der Waals surface area contributed by atoms with Crippen molar-refractivity contribution in [1.29, 1.82) is 0 Å². The predicted molar refractivity (Wildman–Crippen MR) is 44.0 cm³/mol. The van der Waals surface area contributed by atoms with Crippen LogP contribution in [0.2, 0.25) is 0 Å². The molecule has 2 rings (SSSR count). The van der Waals surface area contributed by atoms with E-state index in [1.54, 1.807) is 6.26 Å². The molecule has 2 aromatic heterocycles. The molecule has 0 unspecified atom stereocenters. The fourth-order valence-electron chi connectivity index (χ4n) is 0.775. The van der Waals surface area contributed by atoms with Crippen molar-refractivity contribution in [2.24, 2.45) is 0 Å². The van der Waals surface area contributed by atoms with Crippen LogP contribution < -0.4 is 0 Å². The third kappa shape index (κ3) is 1.05. The summed E-state index contributed by atoms with van der Waals surface area (Å²) in [6, 6.07) is 3.89. The summed E-state index contributed by atoms with van der Waals surface area (Å²) in [5.41, 5.74) is 0.852. The Labute approximate surface area is 61.3 Å². The number of rotatable bonds is 0. The van der Waals surface area contributed by atoms with Gasteiger partial charge in [0.15, 0.2) is 0 Å². The Hall–Kier alpha value is -1.18. The molecular weight excluding hydrogens is 126 g/mol. The largest absolute Gasteiger partial charge is 0.448 e. The molecule has 0 aliphatic heterocycles. The number of hydrogen-bond acceptors (Lipinski definition) is 1. The molecule has 10 heavy (non-hydrogen) atoms. The van der Waals surface area contributed by atoms with Gasteiger partial charge in [0, 0.05) is 13.0 Å². The molecule has 1 N–H and O–H groups in total. The van der Waals surface area contributed by atoms with Gasteiger partial charge in [-0.15, -0.1) is 0 Å². The molecule has 56 valence electrons. The highest BCUT2D eigenvalue weighted by Gasteiger charge is 1.91. The molecular formula is C8H13NO. The Morgan fingerprint density at radius 3 is 2.90 bits per heavy atom. The molecule has 2 heterocycles. The zero-order valence-corrected chi connectivity index (χ0v) is 6.22. The van der Waals surface area contributed by atoms with Gasteiger partial charge >= 0.3 is 0 Å². The molecule has 0 aliphatic rings. The van der Waals surface area contributed by atoms with Crippen molar-refractivity contribution in [3.8, 4) is 0 Å². The zero-order valence-electron chi connectivity index (χ0n) is 6.22. The molecule has 0 aromatic carbocycles. The van der Waals surface area contributed by atoms with E-state index in [1.807, 2.05) is 32.2 Å². The van der Waals surface area contributed by atoms with Crippen molar-refractivity contribution in [2.75, 3.05) is 0 Å². The minimum atomic E-state index is 0. The fraction of sp³-hybridized carbons (Fsp3) is 0.250. The van der Waals surface area contributed by atoms with Gasteiger partial charge in [-0.3, -0.25) is 0 Å². The average Bonchev–Trinajstić information content (AvgIpc) is 2.49. The van der Waals surface area contributed by atoms with Crippen LogP contribution in [0, 0.1) is 0 Å². The Morgan fingerprint density at radius 1 is 1.40 bits per heavy atom. The van der Waals surface area contributed by atoms with Crippen LogP contribution in [0.3, 0.4) is 0 Å². The molecule has 2 aromatic rings. The standard InChI is InChI=1S/C6H5NO.C2H6.H2/c1-3-7-6-5(1)2-4-8-6;1-2;/h1-4,7H;1-2H3;1H. The van der Waals surface area contributed by atoms with Crippen molar-refractivity contribution < 1.29 is 5.84 Å². The maximum absolute atomic E-state index is 5.00. The molecule has 0 atom stereocenters. The van der Waals surface area contributed by atoms with Crippen LogP contribution in [0.15, 0.2) is 29.0 Å². The van der Waals surface area contributed by atoms with Crippen LogP contribution in [0.1, 0.15) is 15.3 Å². The monoisotopic (exact) mass is 139 g/mol. The SMILES string of the molecule is CC.[HH].c1cc2ccoc2[nH]1. The maximum Gasteiger partial charge on any atom is 0.203 e. The summed E-state index contributed by atoms with van der Waals surface area (Å²) in [5.74, 6) is 0. The molecule has 2 heteroatoms. The van der Waals surface area contributed by atoms with E-state index in [0.717, 1.165) is 11.1 Å². The molecule has 0 radical (unpaired) electrons. The van der Waals surface area contributed by atoms with Gasteiger partial charge < -0.3 is 9.40 Å². The second kappa shape index (κ2) is 3.11. The minimum absolute atomic E-state index is 0. The van der Waals surface area contributed by atoms with E-state index in [9.17, 15) is 0 Å². The number of aromatic amines is 1. The van der Waals surface area contributed by atoms with Gasteiger partial charge in [0.2, 0.25) is 5.71 Å². The second-order valence-electron chi connectivity index (χ2n) is 1.68. The summed E-state index contributed by atoms with van der Waals surface area (Å²) in [6.45, 7) is 4.00. The number of H-pyrrole nitrogens is 1. The number of fused-ring (bicyclic) bond motifs is 1. The topological polar surface area (TPSA) is 28.9 Å². The maximum atomic E-state index is 5.00. The first-order valence-corrected chi connectivity index (χ1v) is 3.47. The molecule has 2 nitrogen and oxygen atoms in total. The average molecular weight is 139 g/mol. The fourth-order valence-corrected chi connectivity index (χ4v) is 0.775. The van der Waals surface area contributed by atoms with E-state index >= 15 is 0 Å².